The minimum absolute atomic E-state index is 0.168. The standard InChI is InChI=1S/C22H22N4O2/c1-3-16-7-4-5-10-21(16)25-20-11-17(13-23-14-20)22(28)26-19-9-6-8-18(12-19)24-15(2)27/h4-14,25H,3H2,1-2H3,(H,24,27)(H,26,28). The number of rotatable bonds is 6. The summed E-state index contributed by atoms with van der Waals surface area (Å²) in [5.41, 5.74) is 4.56. The van der Waals surface area contributed by atoms with Crippen LogP contribution in [0.3, 0.4) is 0 Å². The number of hydrogen-bond donors (Lipinski definition) is 3. The normalized spacial score (nSPS) is 10.2. The number of nitrogens with zero attached hydrogens (tertiary/aromatic N) is 1. The van der Waals surface area contributed by atoms with E-state index in [1.165, 1.54) is 18.7 Å². The Kier molecular flexibility index (Phi) is 6.01. The maximum Gasteiger partial charge on any atom is 0.257 e. The Hall–Kier alpha value is -3.67. The number of benzene rings is 2. The van der Waals surface area contributed by atoms with Crippen molar-refractivity contribution in [2.45, 2.75) is 20.3 Å². The molecule has 28 heavy (non-hydrogen) atoms. The molecule has 3 rings (SSSR count). The Balaban J connectivity index is 1.74. The highest BCUT2D eigenvalue weighted by Gasteiger charge is 2.09. The van der Waals surface area contributed by atoms with Crippen LogP contribution in [0.25, 0.3) is 0 Å². The van der Waals surface area contributed by atoms with Crippen LogP contribution in [0.5, 0.6) is 0 Å². The summed E-state index contributed by atoms with van der Waals surface area (Å²) in [6.07, 6.45) is 4.10. The van der Waals surface area contributed by atoms with Crippen molar-refractivity contribution < 1.29 is 9.59 Å². The molecule has 0 saturated heterocycles. The lowest BCUT2D eigenvalue weighted by molar-refractivity contribution is -0.114. The SMILES string of the molecule is CCc1ccccc1Nc1cncc(C(=O)Nc2cccc(NC(C)=O)c2)c1. The first kappa shape index (κ1) is 19.1. The van der Waals surface area contributed by atoms with Gasteiger partial charge in [-0.1, -0.05) is 31.2 Å². The quantitative estimate of drug-likeness (QED) is 0.589. The van der Waals surface area contributed by atoms with Crippen LogP contribution >= 0.6 is 0 Å². The van der Waals surface area contributed by atoms with E-state index in [0.717, 1.165) is 17.8 Å². The first-order valence-electron chi connectivity index (χ1n) is 9.04. The lowest BCUT2D eigenvalue weighted by Crippen LogP contribution is -2.13. The molecule has 0 radical (unpaired) electrons. The van der Waals surface area contributed by atoms with Crippen molar-refractivity contribution in [3.05, 3.63) is 78.1 Å². The summed E-state index contributed by atoms with van der Waals surface area (Å²) < 4.78 is 0. The number of nitrogens with one attached hydrogen (secondary N) is 3. The second-order valence-corrected chi connectivity index (χ2v) is 6.31. The van der Waals surface area contributed by atoms with Gasteiger partial charge in [0.15, 0.2) is 0 Å². The Morgan fingerprint density at radius 2 is 1.64 bits per heavy atom. The van der Waals surface area contributed by atoms with Gasteiger partial charge in [-0.05, 0) is 42.3 Å². The average molecular weight is 374 g/mol. The molecule has 0 aliphatic rings. The fourth-order valence-corrected chi connectivity index (χ4v) is 2.82. The smallest absolute Gasteiger partial charge is 0.257 e. The molecule has 6 nitrogen and oxygen atoms in total. The van der Waals surface area contributed by atoms with Crippen molar-refractivity contribution >= 4 is 34.6 Å². The third-order valence-electron chi connectivity index (χ3n) is 4.12. The second kappa shape index (κ2) is 8.81. The molecule has 0 atom stereocenters. The van der Waals surface area contributed by atoms with Crippen LogP contribution in [0.15, 0.2) is 67.0 Å². The van der Waals surface area contributed by atoms with Gasteiger partial charge >= 0.3 is 0 Å². The summed E-state index contributed by atoms with van der Waals surface area (Å²) >= 11 is 0. The number of aryl methyl sites for hydroxylation is 1. The zero-order chi connectivity index (χ0) is 19.9. The molecule has 1 heterocycles. The molecule has 0 spiro atoms. The summed E-state index contributed by atoms with van der Waals surface area (Å²) in [6.45, 7) is 3.53. The van der Waals surface area contributed by atoms with Gasteiger partial charge in [-0.3, -0.25) is 14.6 Å². The molecular weight excluding hydrogens is 352 g/mol. The molecule has 0 bridgehead atoms. The van der Waals surface area contributed by atoms with Crippen LogP contribution in [0, 0.1) is 0 Å². The van der Waals surface area contributed by atoms with E-state index in [-0.39, 0.29) is 11.8 Å². The Morgan fingerprint density at radius 3 is 2.39 bits per heavy atom. The highest BCUT2D eigenvalue weighted by atomic mass is 16.2. The highest BCUT2D eigenvalue weighted by molar-refractivity contribution is 6.05. The zero-order valence-electron chi connectivity index (χ0n) is 15.8. The maximum absolute atomic E-state index is 12.6. The van der Waals surface area contributed by atoms with E-state index in [2.05, 4.69) is 33.9 Å². The summed E-state index contributed by atoms with van der Waals surface area (Å²) in [7, 11) is 0. The predicted molar refractivity (Wildman–Crippen MR) is 112 cm³/mol. The molecular formula is C22H22N4O2. The van der Waals surface area contributed by atoms with Crippen molar-refractivity contribution in [1.29, 1.82) is 0 Å². The third kappa shape index (κ3) is 4.94. The van der Waals surface area contributed by atoms with Gasteiger partial charge in [0, 0.05) is 30.2 Å². The number of amides is 2. The fourth-order valence-electron chi connectivity index (χ4n) is 2.82. The van der Waals surface area contributed by atoms with Crippen molar-refractivity contribution in [2.24, 2.45) is 0 Å². The van der Waals surface area contributed by atoms with Gasteiger partial charge < -0.3 is 16.0 Å². The Morgan fingerprint density at radius 1 is 0.893 bits per heavy atom. The number of carbonyl (C=O) groups is 2. The summed E-state index contributed by atoms with van der Waals surface area (Å²) in [4.78, 5) is 28.0. The molecule has 6 heteroatoms. The largest absolute Gasteiger partial charge is 0.354 e. The number of hydrogen-bond acceptors (Lipinski definition) is 4. The molecule has 2 aromatic carbocycles. The molecule has 142 valence electrons. The van der Waals surface area contributed by atoms with E-state index < -0.39 is 0 Å². The molecule has 2 amide bonds. The first-order valence-corrected chi connectivity index (χ1v) is 9.04. The van der Waals surface area contributed by atoms with Crippen LogP contribution in [-0.4, -0.2) is 16.8 Å². The van der Waals surface area contributed by atoms with E-state index in [1.54, 1.807) is 36.5 Å². The zero-order valence-corrected chi connectivity index (χ0v) is 15.8. The molecule has 0 unspecified atom stereocenters. The molecule has 0 fully saturated rings. The second-order valence-electron chi connectivity index (χ2n) is 6.31. The minimum Gasteiger partial charge on any atom is -0.354 e. The molecule has 3 N–H and O–H groups in total. The monoisotopic (exact) mass is 374 g/mol. The van der Waals surface area contributed by atoms with Crippen LogP contribution in [0.2, 0.25) is 0 Å². The van der Waals surface area contributed by atoms with Gasteiger partial charge in [0.25, 0.3) is 5.91 Å². The number of para-hydroxylation sites is 1. The van der Waals surface area contributed by atoms with Gasteiger partial charge in [0.05, 0.1) is 17.4 Å². The topological polar surface area (TPSA) is 83.1 Å². The Bertz CT molecular complexity index is 1000. The van der Waals surface area contributed by atoms with Crippen molar-refractivity contribution in [2.75, 3.05) is 16.0 Å². The highest BCUT2D eigenvalue weighted by Crippen LogP contribution is 2.22. The van der Waals surface area contributed by atoms with E-state index in [4.69, 9.17) is 0 Å². The van der Waals surface area contributed by atoms with Crippen LogP contribution in [0.4, 0.5) is 22.7 Å². The van der Waals surface area contributed by atoms with E-state index in [9.17, 15) is 9.59 Å². The summed E-state index contributed by atoms with van der Waals surface area (Å²) in [5, 5.41) is 8.84. The molecule has 0 aliphatic heterocycles. The third-order valence-corrected chi connectivity index (χ3v) is 4.12. The van der Waals surface area contributed by atoms with E-state index >= 15 is 0 Å². The molecule has 0 saturated carbocycles. The van der Waals surface area contributed by atoms with Crippen molar-refractivity contribution in [3.8, 4) is 0 Å². The van der Waals surface area contributed by atoms with Crippen molar-refractivity contribution in [1.82, 2.24) is 4.98 Å². The lowest BCUT2D eigenvalue weighted by atomic mass is 10.1. The van der Waals surface area contributed by atoms with Crippen LogP contribution in [-0.2, 0) is 11.2 Å². The number of carbonyl (C=O) groups excluding carboxylic acids is 2. The van der Waals surface area contributed by atoms with Gasteiger partial charge in [-0.25, -0.2) is 0 Å². The van der Waals surface area contributed by atoms with Gasteiger partial charge in [0.2, 0.25) is 5.91 Å². The molecule has 1 aromatic heterocycles. The number of pyridine rings is 1. The van der Waals surface area contributed by atoms with E-state index in [0.29, 0.717) is 16.9 Å². The lowest BCUT2D eigenvalue weighted by Gasteiger charge is -2.12. The number of aromatic nitrogens is 1. The van der Waals surface area contributed by atoms with Gasteiger partial charge in [0.1, 0.15) is 0 Å². The number of anilines is 4. The van der Waals surface area contributed by atoms with Crippen LogP contribution in [0.1, 0.15) is 29.8 Å². The van der Waals surface area contributed by atoms with Gasteiger partial charge in [-0.2, -0.15) is 0 Å². The van der Waals surface area contributed by atoms with E-state index in [1.807, 2.05) is 18.2 Å². The first-order chi connectivity index (χ1) is 13.5. The molecule has 0 aliphatic carbocycles. The predicted octanol–water partition coefficient (Wildman–Crippen LogP) is 4.60. The van der Waals surface area contributed by atoms with Crippen LogP contribution < -0.4 is 16.0 Å². The molecule has 3 aromatic rings. The van der Waals surface area contributed by atoms with Gasteiger partial charge in [-0.15, -0.1) is 0 Å². The Labute approximate surface area is 164 Å². The maximum atomic E-state index is 12.6. The van der Waals surface area contributed by atoms with Crippen molar-refractivity contribution in [3.63, 3.8) is 0 Å². The summed E-state index contributed by atoms with van der Waals surface area (Å²) in [5.74, 6) is -0.446. The average Bonchev–Trinajstić information content (AvgIpc) is 2.68. The fraction of sp³-hybridized carbons (Fsp3) is 0.136. The minimum atomic E-state index is -0.278. The summed E-state index contributed by atoms with van der Waals surface area (Å²) in [6, 6.07) is 16.8.